The Morgan fingerprint density at radius 2 is 0.827 bits per heavy atom. The Bertz CT molecular complexity index is 809. The maximum atomic E-state index is 12.4. The highest BCUT2D eigenvalue weighted by Gasteiger charge is 2.26. The van der Waals surface area contributed by atoms with Crippen LogP contribution < -0.4 is 5.32 Å². The molecular weight excluding hydrogens is 643 g/mol. The maximum absolute atomic E-state index is 12.4. The lowest BCUT2D eigenvalue weighted by Gasteiger charge is -2.26. The lowest BCUT2D eigenvalue weighted by Crippen LogP contribution is -2.50. The molecule has 0 saturated carbocycles. The van der Waals surface area contributed by atoms with Crippen LogP contribution in [-0.2, 0) is 4.79 Å². The number of nitrogens with one attached hydrogen (secondary N) is 1. The lowest BCUT2D eigenvalue weighted by atomic mass is 10.0. The average Bonchev–Trinajstić information content (AvgIpc) is 3.15. The molecule has 0 aromatic carbocycles. The fourth-order valence-electron chi connectivity index (χ4n) is 6.90. The summed E-state index contributed by atoms with van der Waals surface area (Å²) in [6.45, 7) is 4.15. The first kappa shape index (κ1) is 50.6. The van der Waals surface area contributed by atoms with Crippen LogP contribution >= 0.6 is 0 Å². The highest BCUT2D eigenvalue weighted by Crippen LogP contribution is 2.15. The minimum absolute atomic E-state index is 0.162. The van der Waals surface area contributed by atoms with Gasteiger partial charge in [0, 0.05) is 6.42 Å². The van der Waals surface area contributed by atoms with Gasteiger partial charge in [-0.2, -0.15) is 0 Å². The van der Waals surface area contributed by atoms with Gasteiger partial charge >= 0.3 is 0 Å². The minimum Gasteiger partial charge on any atom is -0.394 e. The van der Waals surface area contributed by atoms with Crippen molar-refractivity contribution in [1.29, 1.82) is 0 Å². The normalized spacial score (nSPS) is 13.9. The second kappa shape index (κ2) is 42.3. The number of carbonyl (C=O) groups is 1. The molecule has 0 heterocycles. The molecule has 52 heavy (non-hydrogen) atoms. The van der Waals surface area contributed by atoms with Crippen molar-refractivity contribution < 1.29 is 20.1 Å². The zero-order chi connectivity index (χ0) is 38.0. The Kier molecular flexibility index (Phi) is 41.1. The van der Waals surface area contributed by atoms with E-state index < -0.39 is 18.2 Å². The molecule has 5 nitrogen and oxygen atoms in total. The van der Waals surface area contributed by atoms with E-state index in [1.54, 1.807) is 0 Å². The van der Waals surface area contributed by atoms with E-state index in [1.165, 1.54) is 154 Å². The molecule has 1 amide bonds. The lowest BCUT2D eigenvalue weighted by molar-refractivity contribution is -0.124. The van der Waals surface area contributed by atoms with Crippen LogP contribution in [0.4, 0.5) is 0 Å². The molecule has 0 aliphatic rings. The third kappa shape index (κ3) is 36.9. The molecule has 3 unspecified atom stereocenters. The number of rotatable bonds is 41. The number of carbonyl (C=O) groups excluding carboxylic acids is 1. The monoisotopic (exact) mass is 732 g/mol. The van der Waals surface area contributed by atoms with Crippen LogP contribution in [-0.4, -0.2) is 46.1 Å². The van der Waals surface area contributed by atoms with Crippen molar-refractivity contribution in [2.45, 2.75) is 250 Å². The fraction of sp³-hybridized carbons (Fsp3) is 0.851. The fourth-order valence-corrected chi connectivity index (χ4v) is 6.90. The SMILES string of the molecule is CCCCC/C=C\C/C=C\CCCCCCCCCC(=O)NC(CO)C(O)C(O)CCC/C=C/CCCCCCCCCCCCCCCCCC. The smallest absolute Gasteiger partial charge is 0.220 e. The van der Waals surface area contributed by atoms with Gasteiger partial charge in [-0.25, -0.2) is 0 Å². The van der Waals surface area contributed by atoms with Crippen LogP contribution in [0.1, 0.15) is 232 Å². The highest BCUT2D eigenvalue weighted by molar-refractivity contribution is 5.76. The van der Waals surface area contributed by atoms with Crippen molar-refractivity contribution in [3.05, 3.63) is 36.5 Å². The van der Waals surface area contributed by atoms with Gasteiger partial charge in [-0.05, 0) is 70.6 Å². The minimum atomic E-state index is -1.16. The van der Waals surface area contributed by atoms with Crippen molar-refractivity contribution in [2.75, 3.05) is 6.61 Å². The molecule has 0 spiro atoms. The molecule has 0 aromatic heterocycles. The second-order valence-electron chi connectivity index (χ2n) is 15.6. The van der Waals surface area contributed by atoms with E-state index in [0.29, 0.717) is 12.8 Å². The third-order valence-electron chi connectivity index (χ3n) is 10.5. The zero-order valence-electron chi connectivity index (χ0n) is 34.7. The van der Waals surface area contributed by atoms with Crippen LogP contribution in [0.15, 0.2) is 36.5 Å². The van der Waals surface area contributed by atoms with Crippen LogP contribution in [0.5, 0.6) is 0 Å². The Hall–Kier alpha value is -1.43. The molecule has 0 radical (unpaired) electrons. The quantitative estimate of drug-likeness (QED) is 0.0372. The molecule has 0 saturated heterocycles. The molecule has 5 heteroatoms. The van der Waals surface area contributed by atoms with Gasteiger partial charge in [-0.15, -0.1) is 0 Å². The van der Waals surface area contributed by atoms with Gasteiger partial charge in [-0.3, -0.25) is 4.79 Å². The van der Waals surface area contributed by atoms with Gasteiger partial charge in [0.15, 0.2) is 0 Å². The van der Waals surface area contributed by atoms with E-state index in [4.69, 9.17) is 0 Å². The van der Waals surface area contributed by atoms with Crippen LogP contribution in [0.25, 0.3) is 0 Å². The molecule has 0 aliphatic heterocycles. The molecule has 0 rings (SSSR count). The first-order valence-corrected chi connectivity index (χ1v) is 22.8. The summed E-state index contributed by atoms with van der Waals surface area (Å²) >= 11 is 0. The number of unbranched alkanes of at least 4 members (excludes halogenated alkanes) is 27. The average molecular weight is 732 g/mol. The van der Waals surface area contributed by atoms with Gasteiger partial charge in [-0.1, -0.05) is 192 Å². The van der Waals surface area contributed by atoms with E-state index in [9.17, 15) is 20.1 Å². The standard InChI is InChI=1S/C47H89NO4/c1-3-5-7-9-11-13-15-17-19-21-22-23-24-26-27-29-31-33-35-37-39-41-45(50)47(52)44(43-49)48-46(51)42-40-38-36-34-32-30-28-25-20-18-16-14-12-10-8-6-4-2/h12,14,18,20,33,35,44-45,47,49-50,52H,3-11,13,15-17,19,21-32,34,36-43H2,1-2H3,(H,48,51)/b14-12-,20-18-,35-33+. The Labute approximate surface area is 324 Å². The van der Waals surface area contributed by atoms with Crippen LogP contribution in [0.3, 0.4) is 0 Å². The second-order valence-corrected chi connectivity index (χ2v) is 15.6. The summed E-state index contributed by atoms with van der Waals surface area (Å²) in [7, 11) is 0. The first-order chi connectivity index (χ1) is 25.6. The molecule has 306 valence electrons. The first-order valence-electron chi connectivity index (χ1n) is 22.8. The number of allylic oxidation sites excluding steroid dienone is 6. The van der Waals surface area contributed by atoms with Gasteiger partial charge < -0.3 is 20.6 Å². The highest BCUT2D eigenvalue weighted by atomic mass is 16.3. The molecule has 4 N–H and O–H groups in total. The molecular formula is C47H89NO4. The van der Waals surface area contributed by atoms with Gasteiger partial charge in [0.05, 0.1) is 18.8 Å². The zero-order valence-corrected chi connectivity index (χ0v) is 34.7. The summed E-state index contributed by atoms with van der Waals surface area (Å²) in [6, 6.07) is -0.830. The predicted molar refractivity (Wildman–Crippen MR) is 227 cm³/mol. The van der Waals surface area contributed by atoms with Gasteiger partial charge in [0.1, 0.15) is 6.10 Å². The molecule has 0 bridgehead atoms. The van der Waals surface area contributed by atoms with Gasteiger partial charge in [0.2, 0.25) is 5.91 Å². The van der Waals surface area contributed by atoms with E-state index in [-0.39, 0.29) is 12.5 Å². The Morgan fingerprint density at radius 1 is 0.481 bits per heavy atom. The van der Waals surface area contributed by atoms with Gasteiger partial charge in [0.25, 0.3) is 0 Å². The summed E-state index contributed by atoms with van der Waals surface area (Å²) in [5.41, 5.74) is 0. The molecule has 0 fully saturated rings. The predicted octanol–water partition coefficient (Wildman–Crippen LogP) is 13.2. The number of hydrogen-bond acceptors (Lipinski definition) is 4. The Balaban J connectivity index is 3.66. The van der Waals surface area contributed by atoms with Crippen LogP contribution in [0, 0.1) is 0 Å². The third-order valence-corrected chi connectivity index (χ3v) is 10.5. The summed E-state index contributed by atoms with van der Waals surface area (Å²) in [4.78, 5) is 12.4. The topological polar surface area (TPSA) is 89.8 Å². The van der Waals surface area contributed by atoms with Crippen LogP contribution in [0.2, 0.25) is 0 Å². The van der Waals surface area contributed by atoms with E-state index in [0.717, 1.165) is 51.4 Å². The number of aliphatic hydroxyl groups excluding tert-OH is 3. The van der Waals surface area contributed by atoms with Crippen molar-refractivity contribution in [3.8, 4) is 0 Å². The van der Waals surface area contributed by atoms with E-state index in [2.05, 4.69) is 55.6 Å². The van der Waals surface area contributed by atoms with E-state index in [1.807, 2.05) is 0 Å². The van der Waals surface area contributed by atoms with E-state index >= 15 is 0 Å². The summed E-state index contributed by atoms with van der Waals surface area (Å²) in [5.74, 6) is -0.162. The van der Waals surface area contributed by atoms with Crippen molar-refractivity contribution in [2.24, 2.45) is 0 Å². The number of hydrogen-bond donors (Lipinski definition) is 4. The number of aliphatic hydroxyl groups is 3. The maximum Gasteiger partial charge on any atom is 0.220 e. The molecule has 3 atom stereocenters. The number of amides is 1. The summed E-state index contributed by atoms with van der Waals surface area (Å²) < 4.78 is 0. The summed E-state index contributed by atoms with van der Waals surface area (Å²) in [5, 5.41) is 33.5. The van der Waals surface area contributed by atoms with Crippen molar-refractivity contribution >= 4 is 5.91 Å². The molecule has 0 aromatic rings. The Morgan fingerprint density at radius 3 is 1.27 bits per heavy atom. The molecule has 0 aliphatic carbocycles. The summed E-state index contributed by atoms with van der Waals surface area (Å²) in [6.07, 6.45) is 52.5. The van der Waals surface area contributed by atoms with Crippen molar-refractivity contribution in [3.63, 3.8) is 0 Å². The van der Waals surface area contributed by atoms with Crippen molar-refractivity contribution in [1.82, 2.24) is 5.32 Å². The largest absolute Gasteiger partial charge is 0.394 e.